The number of para-hydroxylation sites is 1. The Morgan fingerprint density at radius 3 is 2.27 bits per heavy atom. The molecular formula is C19H25NO2. The molecule has 2 N–H and O–H groups in total. The molecule has 0 aliphatic rings. The molecule has 0 saturated heterocycles. The maximum absolute atomic E-state index is 5.83. The van der Waals surface area contributed by atoms with Crippen LogP contribution in [-0.4, -0.2) is 19.8 Å². The Hall–Kier alpha value is -2.00. The Morgan fingerprint density at radius 1 is 1.00 bits per heavy atom. The van der Waals surface area contributed by atoms with Gasteiger partial charge in [0.1, 0.15) is 11.5 Å². The first-order valence-corrected chi connectivity index (χ1v) is 7.75. The van der Waals surface area contributed by atoms with Gasteiger partial charge >= 0.3 is 0 Å². The van der Waals surface area contributed by atoms with Crippen LogP contribution in [0, 0.1) is 0 Å². The van der Waals surface area contributed by atoms with Gasteiger partial charge in [-0.15, -0.1) is 0 Å². The number of rotatable bonds is 7. The molecular weight excluding hydrogens is 274 g/mol. The molecule has 2 aromatic carbocycles. The van der Waals surface area contributed by atoms with Crippen LogP contribution in [0.15, 0.2) is 48.5 Å². The van der Waals surface area contributed by atoms with Gasteiger partial charge in [0.25, 0.3) is 0 Å². The van der Waals surface area contributed by atoms with Crippen molar-refractivity contribution in [3.8, 4) is 11.5 Å². The third-order valence-corrected chi connectivity index (χ3v) is 3.62. The smallest absolute Gasteiger partial charge is 0.122 e. The van der Waals surface area contributed by atoms with E-state index in [1.165, 1.54) is 11.1 Å². The lowest BCUT2D eigenvalue weighted by atomic mass is 9.88. The molecule has 0 aliphatic heterocycles. The summed E-state index contributed by atoms with van der Waals surface area (Å²) in [5.41, 5.74) is 8.23. The molecule has 2 aromatic rings. The molecule has 1 atom stereocenters. The highest BCUT2D eigenvalue weighted by molar-refractivity contribution is 5.43. The van der Waals surface area contributed by atoms with Crippen molar-refractivity contribution in [2.24, 2.45) is 5.73 Å². The Balaban J connectivity index is 2.31. The minimum atomic E-state index is 0.180. The molecule has 22 heavy (non-hydrogen) atoms. The summed E-state index contributed by atoms with van der Waals surface area (Å²) >= 11 is 0. The predicted molar refractivity (Wildman–Crippen MR) is 90.7 cm³/mol. The Morgan fingerprint density at radius 2 is 1.68 bits per heavy atom. The lowest BCUT2D eigenvalue weighted by Gasteiger charge is -2.20. The van der Waals surface area contributed by atoms with Crippen molar-refractivity contribution in [3.63, 3.8) is 0 Å². The van der Waals surface area contributed by atoms with E-state index in [0.717, 1.165) is 17.9 Å². The van der Waals surface area contributed by atoms with Crippen LogP contribution in [0.5, 0.6) is 11.5 Å². The molecule has 0 radical (unpaired) electrons. The second-order valence-electron chi connectivity index (χ2n) is 5.61. The van der Waals surface area contributed by atoms with Crippen molar-refractivity contribution in [1.82, 2.24) is 0 Å². The number of ether oxygens (including phenoxy) is 2. The highest BCUT2D eigenvalue weighted by atomic mass is 16.5. The number of hydrogen-bond acceptors (Lipinski definition) is 3. The third kappa shape index (κ3) is 4.01. The molecule has 0 spiro atoms. The third-order valence-electron chi connectivity index (χ3n) is 3.62. The molecule has 0 bridgehead atoms. The van der Waals surface area contributed by atoms with Crippen LogP contribution in [0.25, 0.3) is 0 Å². The minimum absolute atomic E-state index is 0.180. The fraction of sp³-hybridized carbons (Fsp3) is 0.368. The van der Waals surface area contributed by atoms with Gasteiger partial charge in [0.15, 0.2) is 0 Å². The van der Waals surface area contributed by atoms with Gasteiger partial charge in [-0.05, 0) is 50.6 Å². The van der Waals surface area contributed by atoms with Crippen LogP contribution in [0.3, 0.4) is 0 Å². The van der Waals surface area contributed by atoms with Crippen LogP contribution >= 0.6 is 0 Å². The van der Waals surface area contributed by atoms with Crippen LogP contribution in [-0.2, 0) is 0 Å². The molecule has 0 saturated carbocycles. The zero-order chi connectivity index (χ0) is 15.9. The van der Waals surface area contributed by atoms with Gasteiger partial charge in [0.2, 0.25) is 0 Å². The van der Waals surface area contributed by atoms with Crippen molar-refractivity contribution in [2.45, 2.75) is 32.3 Å². The number of hydrogen-bond donors (Lipinski definition) is 1. The zero-order valence-corrected chi connectivity index (χ0v) is 13.6. The van der Waals surface area contributed by atoms with Crippen LogP contribution in [0.4, 0.5) is 0 Å². The van der Waals surface area contributed by atoms with Gasteiger partial charge < -0.3 is 15.2 Å². The van der Waals surface area contributed by atoms with E-state index in [1.807, 2.05) is 44.2 Å². The second-order valence-corrected chi connectivity index (χ2v) is 5.61. The molecule has 0 amide bonds. The Bertz CT molecular complexity index is 578. The van der Waals surface area contributed by atoms with E-state index in [2.05, 4.69) is 18.2 Å². The molecule has 0 fully saturated rings. The van der Waals surface area contributed by atoms with E-state index in [9.17, 15) is 0 Å². The summed E-state index contributed by atoms with van der Waals surface area (Å²) in [6.07, 6.45) is 1.06. The fourth-order valence-electron chi connectivity index (χ4n) is 2.67. The molecule has 3 nitrogen and oxygen atoms in total. The highest BCUT2D eigenvalue weighted by Crippen LogP contribution is 2.34. The zero-order valence-electron chi connectivity index (χ0n) is 13.6. The molecule has 118 valence electrons. The highest BCUT2D eigenvalue weighted by Gasteiger charge is 2.17. The molecule has 3 heteroatoms. The predicted octanol–water partition coefficient (Wildman–Crippen LogP) is 3.96. The molecule has 0 aliphatic carbocycles. The Kier molecular flexibility index (Phi) is 5.84. The van der Waals surface area contributed by atoms with Crippen molar-refractivity contribution in [2.75, 3.05) is 13.7 Å². The summed E-state index contributed by atoms with van der Waals surface area (Å²) in [4.78, 5) is 0. The lowest BCUT2D eigenvalue weighted by Crippen LogP contribution is -2.10. The topological polar surface area (TPSA) is 44.5 Å². The van der Waals surface area contributed by atoms with E-state index in [4.69, 9.17) is 15.2 Å². The summed E-state index contributed by atoms with van der Waals surface area (Å²) in [6.45, 7) is 4.69. The van der Waals surface area contributed by atoms with Gasteiger partial charge in [-0.25, -0.2) is 0 Å². The van der Waals surface area contributed by atoms with Crippen molar-refractivity contribution >= 4 is 0 Å². The summed E-state index contributed by atoms with van der Waals surface area (Å²) in [5, 5.41) is 0. The average Bonchev–Trinajstić information content (AvgIpc) is 2.53. The van der Waals surface area contributed by atoms with Gasteiger partial charge in [-0.3, -0.25) is 0 Å². The summed E-state index contributed by atoms with van der Waals surface area (Å²) < 4.78 is 11.2. The first kappa shape index (κ1) is 16.4. The maximum atomic E-state index is 5.83. The van der Waals surface area contributed by atoms with Gasteiger partial charge in [0.05, 0.1) is 13.2 Å². The normalized spacial score (nSPS) is 12.2. The Labute approximate surface area is 133 Å². The second kappa shape index (κ2) is 7.85. The van der Waals surface area contributed by atoms with Crippen molar-refractivity contribution in [1.29, 1.82) is 0 Å². The molecule has 0 aromatic heterocycles. The summed E-state index contributed by atoms with van der Waals surface area (Å²) in [6, 6.07) is 16.4. The molecule has 0 heterocycles. The molecule has 0 unspecified atom stereocenters. The van der Waals surface area contributed by atoms with Crippen molar-refractivity contribution < 1.29 is 9.47 Å². The van der Waals surface area contributed by atoms with Crippen molar-refractivity contribution in [3.05, 3.63) is 59.7 Å². The average molecular weight is 299 g/mol. The standard InChI is InChI=1S/C19H25NO2/c1-14(2)22-16-10-8-15(9-11-16)17(12-13-20)18-6-4-5-7-19(18)21-3/h4-11,14,17H,12-13,20H2,1-3H3/t17-/m1/s1. The SMILES string of the molecule is COc1ccccc1[C@H](CCN)c1ccc(OC(C)C)cc1. The maximum Gasteiger partial charge on any atom is 0.122 e. The first-order chi connectivity index (χ1) is 10.7. The van der Waals surface area contributed by atoms with Crippen LogP contribution in [0.2, 0.25) is 0 Å². The van der Waals surface area contributed by atoms with E-state index in [-0.39, 0.29) is 12.0 Å². The van der Waals surface area contributed by atoms with Crippen LogP contribution < -0.4 is 15.2 Å². The van der Waals surface area contributed by atoms with E-state index >= 15 is 0 Å². The first-order valence-electron chi connectivity index (χ1n) is 7.75. The van der Waals surface area contributed by atoms with E-state index in [1.54, 1.807) is 7.11 Å². The monoisotopic (exact) mass is 299 g/mol. The van der Waals surface area contributed by atoms with E-state index < -0.39 is 0 Å². The largest absolute Gasteiger partial charge is 0.496 e. The number of nitrogens with two attached hydrogens (primary N) is 1. The van der Waals surface area contributed by atoms with Crippen LogP contribution in [0.1, 0.15) is 37.3 Å². The minimum Gasteiger partial charge on any atom is -0.496 e. The fourth-order valence-corrected chi connectivity index (χ4v) is 2.67. The van der Waals surface area contributed by atoms with Gasteiger partial charge in [0, 0.05) is 11.5 Å². The quantitative estimate of drug-likeness (QED) is 0.841. The number of methoxy groups -OCH3 is 1. The summed E-state index contributed by atoms with van der Waals surface area (Å²) in [5.74, 6) is 2.03. The lowest BCUT2D eigenvalue weighted by molar-refractivity contribution is 0.242. The van der Waals surface area contributed by atoms with E-state index in [0.29, 0.717) is 6.54 Å². The number of benzene rings is 2. The molecule has 2 rings (SSSR count). The van der Waals surface area contributed by atoms with Gasteiger partial charge in [-0.2, -0.15) is 0 Å². The van der Waals surface area contributed by atoms with Gasteiger partial charge in [-0.1, -0.05) is 30.3 Å². The summed E-state index contributed by atoms with van der Waals surface area (Å²) in [7, 11) is 1.71.